The van der Waals surface area contributed by atoms with Gasteiger partial charge in [-0.1, -0.05) is 43.0 Å². The third kappa shape index (κ3) is 5.62. The van der Waals surface area contributed by atoms with E-state index in [1.807, 2.05) is 7.05 Å². The van der Waals surface area contributed by atoms with Gasteiger partial charge in [0.2, 0.25) is 5.91 Å². The van der Waals surface area contributed by atoms with Gasteiger partial charge in [-0.2, -0.15) is 15.2 Å². The summed E-state index contributed by atoms with van der Waals surface area (Å²) in [5.74, 6) is 0.685. The van der Waals surface area contributed by atoms with Gasteiger partial charge in [-0.25, -0.2) is 0 Å². The molecule has 0 saturated carbocycles. The van der Waals surface area contributed by atoms with E-state index < -0.39 is 0 Å². The molecule has 0 spiro atoms. The number of amides is 1. The second kappa shape index (κ2) is 12.3. The van der Waals surface area contributed by atoms with Gasteiger partial charge in [-0.15, -0.1) is 0 Å². The van der Waals surface area contributed by atoms with E-state index in [1.54, 1.807) is 4.90 Å². The Morgan fingerprint density at radius 2 is 2.00 bits per heavy atom. The molecule has 42 heavy (non-hydrogen) atoms. The van der Waals surface area contributed by atoms with Crippen LogP contribution in [-0.2, 0) is 22.5 Å². The molecular weight excluding hydrogens is 530 g/mol. The number of nitriles is 1. The molecule has 2 fully saturated rings. The number of hydrogen-bond acceptors (Lipinski definition) is 9. The van der Waals surface area contributed by atoms with Crippen LogP contribution >= 0.6 is 0 Å². The lowest BCUT2D eigenvalue weighted by Gasteiger charge is -2.42. The molecule has 1 aromatic heterocycles. The van der Waals surface area contributed by atoms with Gasteiger partial charge >= 0.3 is 6.01 Å². The number of rotatable bonds is 7. The average Bonchev–Trinajstić information content (AvgIpc) is 3.03. The Hall–Kier alpha value is -4.20. The third-order valence-corrected chi connectivity index (χ3v) is 8.51. The van der Waals surface area contributed by atoms with Gasteiger partial charge in [-0.3, -0.25) is 9.69 Å². The molecule has 1 unspecified atom stereocenters. The predicted molar refractivity (Wildman–Crippen MR) is 161 cm³/mol. The number of aromatic nitrogens is 2. The first-order valence-electron chi connectivity index (χ1n) is 14.7. The Kier molecular flexibility index (Phi) is 8.22. The van der Waals surface area contributed by atoms with E-state index in [4.69, 9.17) is 19.4 Å². The van der Waals surface area contributed by atoms with Crippen LogP contribution in [0, 0.1) is 11.3 Å². The van der Waals surface area contributed by atoms with Crippen molar-refractivity contribution >= 4 is 28.2 Å². The largest absolute Gasteiger partial charge is 0.459 e. The number of hydrogen-bond donors (Lipinski definition) is 0. The minimum absolute atomic E-state index is 0.147. The number of nitrogens with zero attached hydrogens (tertiary/aromatic N) is 7. The maximum Gasteiger partial charge on any atom is 0.318 e. The molecule has 0 N–H and O–H groups in total. The van der Waals surface area contributed by atoms with Crippen LogP contribution in [0.15, 0.2) is 55.1 Å². The van der Waals surface area contributed by atoms with Crippen molar-refractivity contribution < 1.29 is 14.3 Å². The van der Waals surface area contributed by atoms with Crippen molar-refractivity contribution in [3.05, 3.63) is 66.4 Å². The van der Waals surface area contributed by atoms with Crippen molar-refractivity contribution in [1.82, 2.24) is 19.8 Å². The molecule has 10 nitrogen and oxygen atoms in total. The van der Waals surface area contributed by atoms with Crippen LogP contribution < -0.4 is 14.5 Å². The highest BCUT2D eigenvalue weighted by Gasteiger charge is 2.33. The summed E-state index contributed by atoms with van der Waals surface area (Å²) in [5.41, 5.74) is 3.22. The van der Waals surface area contributed by atoms with E-state index in [9.17, 15) is 10.1 Å². The second-order valence-electron chi connectivity index (χ2n) is 11.1. The fraction of sp³-hybridized carbons (Fsp3) is 0.438. The minimum Gasteiger partial charge on any atom is -0.459 e. The molecule has 2 atom stereocenters. The maximum atomic E-state index is 12.5. The van der Waals surface area contributed by atoms with Crippen molar-refractivity contribution in [2.24, 2.45) is 0 Å². The number of ether oxygens (including phenoxy) is 2. The highest BCUT2D eigenvalue weighted by Crippen LogP contribution is 2.35. The Morgan fingerprint density at radius 3 is 2.83 bits per heavy atom. The summed E-state index contributed by atoms with van der Waals surface area (Å²) in [6, 6.07) is 17.2. The molecule has 2 saturated heterocycles. The van der Waals surface area contributed by atoms with Crippen LogP contribution in [0.1, 0.15) is 24.1 Å². The standard InChI is InChI=1S/C32H37N7O3/c1-3-29(40)39-18-17-38(20-24(39)12-14-33)31-26-13-16-37(28-11-6-9-23-8-4-5-10-25(23)28)21-27(26)34-32(35-31)42-22-30-36(2)15-7-19-41-30/h3-6,8-11,24,30H,1,7,12-13,15-22H2,2H3/t24?,30-/m1/s1. The first kappa shape index (κ1) is 27.9. The number of carbonyl (C=O) groups excluding carboxylic acids is 1. The lowest BCUT2D eigenvalue weighted by atomic mass is 10.0. The van der Waals surface area contributed by atoms with Gasteiger partial charge in [0.25, 0.3) is 0 Å². The number of carbonyl (C=O) groups is 1. The molecular formula is C32H37N7O3. The molecule has 3 aliphatic heterocycles. The zero-order valence-corrected chi connectivity index (χ0v) is 24.1. The molecule has 0 aliphatic carbocycles. The number of anilines is 2. The fourth-order valence-corrected chi connectivity index (χ4v) is 6.27. The van der Waals surface area contributed by atoms with Crippen molar-refractivity contribution in [2.75, 3.05) is 62.8 Å². The summed E-state index contributed by atoms with van der Waals surface area (Å²) < 4.78 is 12.1. The Bertz CT molecular complexity index is 1500. The van der Waals surface area contributed by atoms with E-state index in [1.165, 1.54) is 22.5 Å². The maximum absolute atomic E-state index is 12.5. The normalized spacial score (nSPS) is 21.1. The Morgan fingerprint density at radius 1 is 1.14 bits per heavy atom. The highest BCUT2D eigenvalue weighted by atomic mass is 16.6. The van der Waals surface area contributed by atoms with Crippen LogP contribution in [0.3, 0.4) is 0 Å². The topological polar surface area (TPSA) is 98.1 Å². The monoisotopic (exact) mass is 567 g/mol. The van der Waals surface area contributed by atoms with Crippen LogP contribution in [0.2, 0.25) is 0 Å². The van der Waals surface area contributed by atoms with Crippen molar-refractivity contribution in [3.8, 4) is 12.1 Å². The Labute approximate surface area is 246 Å². The van der Waals surface area contributed by atoms with E-state index in [2.05, 4.69) is 69.8 Å². The molecule has 218 valence electrons. The summed E-state index contributed by atoms with van der Waals surface area (Å²) in [6.07, 6.45) is 3.19. The average molecular weight is 568 g/mol. The van der Waals surface area contributed by atoms with Gasteiger partial charge in [0.1, 0.15) is 18.7 Å². The van der Waals surface area contributed by atoms with Crippen molar-refractivity contribution in [3.63, 3.8) is 0 Å². The minimum atomic E-state index is -0.246. The van der Waals surface area contributed by atoms with Crippen LogP contribution in [-0.4, -0.2) is 90.9 Å². The smallest absolute Gasteiger partial charge is 0.318 e. The number of likely N-dealkylation sites (N-methyl/N-ethyl adjacent to an activating group) is 1. The second-order valence-corrected chi connectivity index (χ2v) is 11.1. The first-order chi connectivity index (χ1) is 20.6. The SMILES string of the molecule is C=CC(=O)N1CCN(c2nc(OC[C@H]3OCCCN3C)nc3c2CCN(c2cccc4ccccc24)C3)CC1CC#N. The zero-order valence-electron chi connectivity index (χ0n) is 24.1. The molecule has 3 aromatic rings. The number of benzene rings is 2. The predicted octanol–water partition coefficient (Wildman–Crippen LogP) is 3.37. The van der Waals surface area contributed by atoms with E-state index in [-0.39, 0.29) is 24.6 Å². The summed E-state index contributed by atoms with van der Waals surface area (Å²) in [5, 5.41) is 11.9. The molecule has 2 aromatic carbocycles. The van der Waals surface area contributed by atoms with E-state index in [0.717, 1.165) is 43.0 Å². The molecule has 6 rings (SSSR count). The van der Waals surface area contributed by atoms with Gasteiger partial charge in [-0.05, 0) is 37.4 Å². The fourth-order valence-electron chi connectivity index (χ4n) is 6.27. The van der Waals surface area contributed by atoms with E-state index >= 15 is 0 Å². The summed E-state index contributed by atoms with van der Waals surface area (Å²) in [4.78, 5) is 30.9. The lowest BCUT2D eigenvalue weighted by Crippen LogP contribution is -2.55. The van der Waals surface area contributed by atoms with E-state index in [0.29, 0.717) is 45.4 Å². The summed E-state index contributed by atoms with van der Waals surface area (Å²) in [6.45, 7) is 8.72. The van der Waals surface area contributed by atoms with Gasteiger partial charge < -0.3 is 24.2 Å². The molecule has 0 radical (unpaired) electrons. The van der Waals surface area contributed by atoms with Crippen LogP contribution in [0.25, 0.3) is 10.8 Å². The lowest BCUT2D eigenvalue weighted by molar-refractivity contribution is -0.128. The van der Waals surface area contributed by atoms with Crippen molar-refractivity contribution in [2.45, 2.75) is 38.1 Å². The molecule has 0 bridgehead atoms. The van der Waals surface area contributed by atoms with Gasteiger partial charge in [0.05, 0.1) is 37.4 Å². The number of fused-ring (bicyclic) bond motifs is 2. The molecule has 10 heteroatoms. The van der Waals surface area contributed by atoms with Gasteiger partial charge in [0, 0.05) is 49.4 Å². The summed E-state index contributed by atoms with van der Waals surface area (Å²) in [7, 11) is 2.04. The molecule has 3 aliphatic rings. The van der Waals surface area contributed by atoms with Crippen molar-refractivity contribution in [1.29, 1.82) is 5.26 Å². The number of piperazine rings is 1. The van der Waals surface area contributed by atoms with Gasteiger partial charge in [0.15, 0.2) is 0 Å². The first-order valence-corrected chi connectivity index (χ1v) is 14.7. The van der Waals surface area contributed by atoms with Crippen LogP contribution in [0.5, 0.6) is 6.01 Å². The van der Waals surface area contributed by atoms with Crippen LogP contribution in [0.4, 0.5) is 11.5 Å². The quantitative estimate of drug-likeness (QED) is 0.398. The Balaban J connectivity index is 1.32. The highest BCUT2D eigenvalue weighted by molar-refractivity contribution is 5.94. The molecule has 4 heterocycles. The molecule has 1 amide bonds. The third-order valence-electron chi connectivity index (χ3n) is 8.51. The summed E-state index contributed by atoms with van der Waals surface area (Å²) >= 11 is 0. The zero-order chi connectivity index (χ0) is 29.1.